The number of carbonyl (C=O) groups excluding carboxylic acids is 1. The van der Waals surface area contributed by atoms with E-state index in [1.54, 1.807) is 19.1 Å². The van der Waals surface area contributed by atoms with Gasteiger partial charge >= 0.3 is 0 Å². The molecule has 0 spiro atoms. The lowest BCUT2D eigenvalue weighted by Gasteiger charge is -2.43. The van der Waals surface area contributed by atoms with E-state index < -0.39 is 11.2 Å². The molecular formula is C13H23NO4. The second-order valence-corrected chi connectivity index (χ2v) is 5.55. The average Bonchev–Trinajstić information content (AvgIpc) is 2.28. The Morgan fingerprint density at radius 3 is 2.39 bits per heavy atom. The Morgan fingerprint density at radius 2 is 1.94 bits per heavy atom. The number of carbonyl (C=O) groups is 1. The highest BCUT2D eigenvalue weighted by Gasteiger charge is 2.47. The quantitative estimate of drug-likeness (QED) is 0.799. The van der Waals surface area contributed by atoms with Crippen molar-refractivity contribution in [2.45, 2.75) is 43.3 Å². The molecule has 1 aliphatic heterocycles. The van der Waals surface area contributed by atoms with E-state index in [0.29, 0.717) is 32.6 Å². The molecule has 5 nitrogen and oxygen atoms in total. The molecule has 2 fully saturated rings. The predicted octanol–water partition coefficient (Wildman–Crippen LogP) is 0.555. The van der Waals surface area contributed by atoms with Crippen molar-refractivity contribution < 1.29 is 19.4 Å². The van der Waals surface area contributed by atoms with Crippen LogP contribution in [0.1, 0.15) is 32.1 Å². The summed E-state index contributed by atoms with van der Waals surface area (Å²) < 4.78 is 10.6. The van der Waals surface area contributed by atoms with Gasteiger partial charge in [-0.25, -0.2) is 0 Å². The number of hydrogen-bond donors (Lipinski definition) is 1. The number of nitrogens with zero attached hydrogens (tertiary/aromatic N) is 1. The maximum atomic E-state index is 12.4. The first-order valence-electron chi connectivity index (χ1n) is 6.62. The third-order valence-corrected chi connectivity index (χ3v) is 4.24. The third-order valence-electron chi connectivity index (χ3n) is 4.24. The molecule has 0 atom stereocenters. The van der Waals surface area contributed by atoms with Crippen LogP contribution < -0.4 is 0 Å². The molecular weight excluding hydrogens is 234 g/mol. The van der Waals surface area contributed by atoms with Crippen LogP contribution in [0.3, 0.4) is 0 Å². The normalized spacial score (nSPS) is 25.3. The van der Waals surface area contributed by atoms with E-state index >= 15 is 0 Å². The number of ether oxygens (including phenoxy) is 2. The van der Waals surface area contributed by atoms with Gasteiger partial charge in [-0.1, -0.05) is 0 Å². The molecule has 0 aromatic rings. The van der Waals surface area contributed by atoms with Gasteiger partial charge in [-0.15, -0.1) is 0 Å². The standard InChI is InChI=1S/C13H23NO4/c1-14(10-12(16)6-8-18-9-7-12)11(15)13(17-2)4-3-5-13/h16H,3-10H2,1-2H3. The van der Waals surface area contributed by atoms with Gasteiger partial charge in [0.05, 0.1) is 5.60 Å². The molecule has 1 amide bonds. The van der Waals surface area contributed by atoms with E-state index in [1.165, 1.54) is 0 Å². The summed E-state index contributed by atoms with van der Waals surface area (Å²) in [5, 5.41) is 10.4. The zero-order chi connectivity index (χ0) is 13.2. The van der Waals surface area contributed by atoms with Crippen LogP contribution in [-0.2, 0) is 14.3 Å². The molecule has 0 radical (unpaired) electrons. The zero-order valence-corrected chi connectivity index (χ0v) is 11.3. The fourth-order valence-electron chi connectivity index (χ4n) is 2.77. The Morgan fingerprint density at radius 1 is 1.33 bits per heavy atom. The minimum absolute atomic E-state index is 0.00355. The Labute approximate surface area is 108 Å². The Bertz CT molecular complexity index is 303. The van der Waals surface area contributed by atoms with Gasteiger partial charge in [0.25, 0.3) is 5.91 Å². The van der Waals surface area contributed by atoms with E-state index in [-0.39, 0.29) is 5.91 Å². The van der Waals surface area contributed by atoms with E-state index in [4.69, 9.17) is 9.47 Å². The molecule has 5 heteroatoms. The van der Waals surface area contributed by atoms with Gasteiger partial charge in [-0.2, -0.15) is 0 Å². The van der Waals surface area contributed by atoms with E-state index in [2.05, 4.69) is 0 Å². The summed E-state index contributed by atoms with van der Waals surface area (Å²) in [7, 11) is 3.34. The first-order chi connectivity index (χ1) is 8.51. The fourth-order valence-corrected chi connectivity index (χ4v) is 2.77. The minimum atomic E-state index is -0.804. The highest BCUT2D eigenvalue weighted by molar-refractivity contribution is 5.86. The molecule has 0 unspecified atom stereocenters. The van der Waals surface area contributed by atoms with Crippen molar-refractivity contribution in [3.05, 3.63) is 0 Å². The lowest BCUT2D eigenvalue weighted by molar-refractivity contribution is -0.169. The van der Waals surface area contributed by atoms with Crippen LogP contribution in [0.15, 0.2) is 0 Å². The van der Waals surface area contributed by atoms with Crippen molar-refractivity contribution in [2.75, 3.05) is 33.9 Å². The average molecular weight is 257 g/mol. The lowest BCUT2D eigenvalue weighted by atomic mass is 9.78. The monoisotopic (exact) mass is 257 g/mol. The van der Waals surface area contributed by atoms with Crippen molar-refractivity contribution in [2.24, 2.45) is 0 Å². The highest BCUT2D eigenvalue weighted by atomic mass is 16.5. The van der Waals surface area contributed by atoms with Gasteiger partial charge in [0.2, 0.25) is 0 Å². The van der Waals surface area contributed by atoms with Crippen LogP contribution >= 0.6 is 0 Å². The molecule has 2 rings (SSSR count). The maximum absolute atomic E-state index is 12.4. The van der Waals surface area contributed by atoms with E-state index in [0.717, 1.165) is 19.3 Å². The number of rotatable bonds is 4. The predicted molar refractivity (Wildman–Crippen MR) is 66.2 cm³/mol. The molecule has 0 aromatic carbocycles. The van der Waals surface area contributed by atoms with Crippen molar-refractivity contribution in [1.29, 1.82) is 0 Å². The van der Waals surface area contributed by atoms with E-state index in [9.17, 15) is 9.90 Å². The second kappa shape index (κ2) is 5.15. The van der Waals surface area contributed by atoms with Crippen LogP contribution in [-0.4, -0.2) is 61.0 Å². The summed E-state index contributed by atoms with van der Waals surface area (Å²) >= 11 is 0. The topological polar surface area (TPSA) is 59.0 Å². The number of aliphatic hydroxyl groups is 1. The molecule has 0 aromatic heterocycles. The first-order valence-corrected chi connectivity index (χ1v) is 6.62. The number of likely N-dealkylation sites (N-methyl/N-ethyl adjacent to an activating group) is 1. The molecule has 1 aliphatic carbocycles. The summed E-state index contributed by atoms with van der Waals surface area (Å²) in [5.74, 6) is -0.00355. The van der Waals surface area contributed by atoms with Crippen molar-refractivity contribution in [3.8, 4) is 0 Å². The van der Waals surface area contributed by atoms with Gasteiger partial charge in [0, 0.05) is 46.8 Å². The molecule has 0 bridgehead atoms. The summed E-state index contributed by atoms with van der Waals surface area (Å²) in [6.07, 6.45) is 3.78. The number of hydrogen-bond acceptors (Lipinski definition) is 4. The number of methoxy groups -OCH3 is 1. The molecule has 1 N–H and O–H groups in total. The van der Waals surface area contributed by atoms with Crippen LogP contribution in [0.2, 0.25) is 0 Å². The van der Waals surface area contributed by atoms with E-state index in [1.807, 2.05) is 0 Å². The Hall–Kier alpha value is -0.650. The zero-order valence-electron chi connectivity index (χ0n) is 11.3. The second-order valence-electron chi connectivity index (χ2n) is 5.55. The van der Waals surface area contributed by atoms with Gasteiger partial charge in [-0.05, 0) is 19.3 Å². The minimum Gasteiger partial charge on any atom is -0.388 e. The molecule has 1 saturated carbocycles. The van der Waals surface area contributed by atoms with Gasteiger partial charge in [0.15, 0.2) is 0 Å². The lowest BCUT2D eigenvalue weighted by Crippen LogP contribution is -2.57. The molecule has 1 heterocycles. The molecule has 18 heavy (non-hydrogen) atoms. The SMILES string of the molecule is COC1(C(=O)N(C)CC2(O)CCOCC2)CCC1. The first kappa shape index (κ1) is 13.8. The summed E-state index contributed by atoms with van der Waals surface area (Å²) in [6.45, 7) is 1.49. The van der Waals surface area contributed by atoms with Gasteiger partial charge in [-0.3, -0.25) is 4.79 Å². The molecule has 1 saturated heterocycles. The smallest absolute Gasteiger partial charge is 0.254 e. The summed E-state index contributed by atoms with van der Waals surface area (Å²) in [4.78, 5) is 14.0. The van der Waals surface area contributed by atoms with Gasteiger partial charge in [0.1, 0.15) is 5.60 Å². The molecule has 2 aliphatic rings. The third kappa shape index (κ3) is 2.53. The fraction of sp³-hybridized carbons (Fsp3) is 0.923. The summed E-state index contributed by atoms with van der Waals surface area (Å²) in [6, 6.07) is 0. The van der Waals surface area contributed by atoms with Crippen LogP contribution in [0.25, 0.3) is 0 Å². The van der Waals surface area contributed by atoms with Crippen molar-refractivity contribution >= 4 is 5.91 Å². The maximum Gasteiger partial charge on any atom is 0.254 e. The van der Waals surface area contributed by atoms with Gasteiger partial charge < -0.3 is 19.5 Å². The molecule has 104 valence electrons. The van der Waals surface area contributed by atoms with Crippen molar-refractivity contribution in [1.82, 2.24) is 4.90 Å². The van der Waals surface area contributed by atoms with Crippen LogP contribution in [0, 0.1) is 0 Å². The van der Waals surface area contributed by atoms with Crippen molar-refractivity contribution in [3.63, 3.8) is 0 Å². The summed E-state index contributed by atoms with van der Waals surface area (Å²) in [5.41, 5.74) is -1.43. The van der Waals surface area contributed by atoms with Crippen LogP contribution in [0.4, 0.5) is 0 Å². The largest absolute Gasteiger partial charge is 0.388 e. The Kier molecular flexibility index (Phi) is 3.94. The number of amides is 1. The highest BCUT2D eigenvalue weighted by Crippen LogP contribution is 2.37. The Balaban J connectivity index is 1.94. The van der Waals surface area contributed by atoms with Crippen LogP contribution in [0.5, 0.6) is 0 Å².